The van der Waals surface area contributed by atoms with E-state index < -0.39 is 0 Å². The van der Waals surface area contributed by atoms with Crippen molar-refractivity contribution in [2.45, 2.75) is 84.5 Å². The number of fused-ring (bicyclic) bond motifs is 1. The lowest BCUT2D eigenvalue weighted by atomic mass is 10.0. The fraction of sp³-hybridized carbons (Fsp3) is 0.615. The van der Waals surface area contributed by atoms with Crippen LogP contribution in [0.1, 0.15) is 83.1 Å². The van der Waals surface area contributed by atoms with Crippen molar-refractivity contribution in [1.29, 1.82) is 0 Å². The van der Waals surface area contributed by atoms with Crippen molar-refractivity contribution in [2.24, 2.45) is 0 Å². The molecule has 0 heterocycles. The fourth-order valence-electron chi connectivity index (χ4n) is 3.72. The molecule has 0 saturated heterocycles. The van der Waals surface area contributed by atoms with Crippen molar-refractivity contribution in [3.63, 3.8) is 0 Å². The minimum absolute atomic E-state index is 0.774. The monoisotopic (exact) mass is 418 g/mol. The Bertz CT molecular complexity index is 698. The van der Waals surface area contributed by atoms with Gasteiger partial charge in [0.15, 0.2) is 0 Å². The van der Waals surface area contributed by atoms with E-state index in [-0.39, 0.29) is 0 Å². The second-order valence-electron chi connectivity index (χ2n) is 7.99. The van der Waals surface area contributed by atoms with Crippen LogP contribution >= 0.6 is 11.6 Å². The van der Waals surface area contributed by atoms with Crippen LogP contribution in [0.5, 0.6) is 11.5 Å². The largest absolute Gasteiger partial charge is 0.493 e. The minimum Gasteiger partial charge on any atom is -0.493 e. The van der Waals surface area contributed by atoms with Gasteiger partial charge in [0, 0.05) is 16.7 Å². The summed E-state index contributed by atoms with van der Waals surface area (Å²) in [6.07, 6.45) is 13.5. The number of aryl methyl sites for hydroxylation is 1. The van der Waals surface area contributed by atoms with Gasteiger partial charge in [-0.1, -0.05) is 82.6 Å². The van der Waals surface area contributed by atoms with Crippen LogP contribution in [-0.2, 0) is 0 Å². The van der Waals surface area contributed by atoms with Crippen molar-refractivity contribution >= 4 is 22.4 Å². The molecule has 29 heavy (non-hydrogen) atoms. The third-order valence-corrected chi connectivity index (χ3v) is 5.69. The Labute approximate surface area is 182 Å². The highest BCUT2D eigenvalue weighted by molar-refractivity contribution is 6.17. The number of halogens is 1. The van der Waals surface area contributed by atoms with E-state index in [1.807, 2.05) is 0 Å². The van der Waals surface area contributed by atoms with Crippen molar-refractivity contribution < 1.29 is 9.47 Å². The van der Waals surface area contributed by atoms with Gasteiger partial charge in [-0.05, 0) is 37.8 Å². The molecule has 0 unspecified atom stereocenters. The van der Waals surface area contributed by atoms with E-state index in [1.54, 1.807) is 0 Å². The van der Waals surface area contributed by atoms with Gasteiger partial charge >= 0.3 is 0 Å². The van der Waals surface area contributed by atoms with E-state index in [1.165, 1.54) is 51.4 Å². The van der Waals surface area contributed by atoms with Gasteiger partial charge < -0.3 is 9.47 Å². The lowest BCUT2D eigenvalue weighted by molar-refractivity contribution is 0.300. The summed E-state index contributed by atoms with van der Waals surface area (Å²) >= 11 is 5.73. The third kappa shape index (κ3) is 8.46. The summed E-state index contributed by atoms with van der Waals surface area (Å²) in [7, 11) is 0. The van der Waals surface area contributed by atoms with Crippen LogP contribution < -0.4 is 9.47 Å². The molecule has 0 aliphatic rings. The number of alkyl halides is 1. The summed E-state index contributed by atoms with van der Waals surface area (Å²) < 4.78 is 12.4. The Hall–Kier alpha value is -1.41. The molecule has 0 amide bonds. The Kier molecular flexibility index (Phi) is 12.0. The Morgan fingerprint density at radius 2 is 1.31 bits per heavy atom. The van der Waals surface area contributed by atoms with Gasteiger partial charge in [-0.25, -0.2) is 0 Å². The summed E-state index contributed by atoms with van der Waals surface area (Å²) in [5.41, 5.74) is 1.16. The SMILES string of the molecule is CCCCCCCOc1c(C)cc(OCCCCCCCCCl)c2ccccc12. The smallest absolute Gasteiger partial charge is 0.130 e. The van der Waals surface area contributed by atoms with Crippen molar-refractivity contribution in [2.75, 3.05) is 19.1 Å². The van der Waals surface area contributed by atoms with Gasteiger partial charge in [-0.15, -0.1) is 11.6 Å². The first-order valence-corrected chi connectivity index (χ1v) is 12.1. The van der Waals surface area contributed by atoms with Crippen LogP contribution in [-0.4, -0.2) is 19.1 Å². The van der Waals surface area contributed by atoms with E-state index in [2.05, 4.69) is 44.2 Å². The molecule has 162 valence electrons. The summed E-state index contributed by atoms with van der Waals surface area (Å²) in [5.74, 6) is 2.78. The lowest BCUT2D eigenvalue weighted by Gasteiger charge is -2.16. The summed E-state index contributed by atoms with van der Waals surface area (Å²) in [6, 6.07) is 10.6. The van der Waals surface area contributed by atoms with Gasteiger partial charge in [0.2, 0.25) is 0 Å². The molecule has 0 aliphatic heterocycles. The van der Waals surface area contributed by atoms with Crippen molar-refractivity contribution in [3.05, 3.63) is 35.9 Å². The average molecular weight is 419 g/mol. The van der Waals surface area contributed by atoms with E-state index in [4.69, 9.17) is 21.1 Å². The van der Waals surface area contributed by atoms with Crippen LogP contribution in [0, 0.1) is 6.92 Å². The summed E-state index contributed by atoms with van der Waals surface area (Å²) in [4.78, 5) is 0. The summed E-state index contributed by atoms with van der Waals surface area (Å²) in [5, 5.41) is 2.32. The molecule has 2 nitrogen and oxygen atoms in total. The molecule has 0 radical (unpaired) electrons. The molecule has 0 fully saturated rings. The molecule has 2 aromatic carbocycles. The Morgan fingerprint density at radius 1 is 0.724 bits per heavy atom. The quantitative estimate of drug-likeness (QED) is 0.201. The number of hydrogen-bond acceptors (Lipinski definition) is 2. The molecule has 3 heteroatoms. The number of hydrogen-bond donors (Lipinski definition) is 0. The lowest BCUT2D eigenvalue weighted by Crippen LogP contribution is -2.02. The normalized spacial score (nSPS) is 11.1. The molecule has 0 atom stereocenters. The first-order valence-electron chi connectivity index (χ1n) is 11.6. The van der Waals surface area contributed by atoms with E-state index >= 15 is 0 Å². The highest BCUT2D eigenvalue weighted by atomic mass is 35.5. The van der Waals surface area contributed by atoms with Crippen LogP contribution in [0.15, 0.2) is 30.3 Å². The maximum atomic E-state index is 6.21. The zero-order valence-electron chi connectivity index (χ0n) is 18.5. The first kappa shape index (κ1) is 23.9. The maximum Gasteiger partial charge on any atom is 0.130 e. The molecular weight excluding hydrogens is 380 g/mol. The highest BCUT2D eigenvalue weighted by Crippen LogP contribution is 2.36. The van der Waals surface area contributed by atoms with Gasteiger partial charge in [0.1, 0.15) is 11.5 Å². The van der Waals surface area contributed by atoms with E-state index in [0.717, 1.165) is 66.2 Å². The molecule has 0 bridgehead atoms. The number of rotatable bonds is 16. The molecule has 0 N–H and O–H groups in total. The van der Waals surface area contributed by atoms with Crippen LogP contribution in [0.2, 0.25) is 0 Å². The minimum atomic E-state index is 0.774. The number of ether oxygens (including phenoxy) is 2. The second-order valence-corrected chi connectivity index (χ2v) is 8.37. The van der Waals surface area contributed by atoms with Crippen LogP contribution in [0.3, 0.4) is 0 Å². The Morgan fingerprint density at radius 3 is 2.00 bits per heavy atom. The molecule has 0 aliphatic carbocycles. The predicted octanol–water partition coefficient (Wildman–Crippen LogP) is 8.46. The molecule has 0 saturated carbocycles. The van der Waals surface area contributed by atoms with Crippen molar-refractivity contribution in [1.82, 2.24) is 0 Å². The standard InChI is InChI=1S/C26H39ClO2/c1-3-4-5-9-15-20-29-26-22(2)21-25(23-16-11-12-17-24(23)26)28-19-14-10-7-6-8-13-18-27/h11-12,16-17,21H,3-10,13-15,18-20H2,1-2H3. The number of unbranched alkanes of at least 4 members (excludes halogenated alkanes) is 9. The van der Waals surface area contributed by atoms with E-state index in [9.17, 15) is 0 Å². The number of benzene rings is 2. The van der Waals surface area contributed by atoms with Crippen LogP contribution in [0.4, 0.5) is 0 Å². The molecule has 2 rings (SSSR count). The average Bonchev–Trinajstić information content (AvgIpc) is 2.74. The molecule has 2 aromatic rings. The Balaban J connectivity index is 1.88. The first-order chi connectivity index (χ1) is 14.3. The highest BCUT2D eigenvalue weighted by Gasteiger charge is 2.11. The maximum absolute atomic E-state index is 6.21. The van der Waals surface area contributed by atoms with Crippen LogP contribution in [0.25, 0.3) is 10.8 Å². The topological polar surface area (TPSA) is 18.5 Å². The molecular formula is C26H39ClO2. The second kappa shape index (κ2) is 14.6. The zero-order valence-corrected chi connectivity index (χ0v) is 19.2. The van der Waals surface area contributed by atoms with Gasteiger partial charge in [0.05, 0.1) is 13.2 Å². The third-order valence-electron chi connectivity index (χ3n) is 5.42. The molecule has 0 spiro atoms. The van der Waals surface area contributed by atoms with Crippen molar-refractivity contribution in [3.8, 4) is 11.5 Å². The zero-order chi connectivity index (χ0) is 20.7. The predicted molar refractivity (Wildman–Crippen MR) is 127 cm³/mol. The van der Waals surface area contributed by atoms with Gasteiger partial charge in [-0.3, -0.25) is 0 Å². The molecule has 0 aromatic heterocycles. The van der Waals surface area contributed by atoms with Gasteiger partial charge in [-0.2, -0.15) is 0 Å². The summed E-state index contributed by atoms with van der Waals surface area (Å²) in [6.45, 7) is 5.94. The van der Waals surface area contributed by atoms with E-state index in [0.29, 0.717) is 0 Å². The van der Waals surface area contributed by atoms with Gasteiger partial charge in [0.25, 0.3) is 0 Å². The fourth-order valence-corrected chi connectivity index (χ4v) is 3.91.